The van der Waals surface area contributed by atoms with Crippen LogP contribution in [0.15, 0.2) is 6.20 Å². The lowest BCUT2D eigenvalue weighted by atomic mass is 10.4. The molecular formula is C11H13N3O2. The zero-order chi connectivity index (χ0) is 11.8. The van der Waals surface area contributed by atoms with E-state index in [0.29, 0.717) is 5.69 Å². The van der Waals surface area contributed by atoms with E-state index in [2.05, 4.69) is 22.2 Å². The number of hydrogen-bond acceptors (Lipinski definition) is 4. The molecule has 1 heterocycles. The van der Waals surface area contributed by atoms with Crippen molar-refractivity contribution in [2.45, 2.75) is 19.8 Å². The third kappa shape index (κ3) is 3.39. The van der Waals surface area contributed by atoms with Crippen LogP contribution in [-0.4, -0.2) is 28.2 Å². The first kappa shape index (κ1) is 12.3. The maximum absolute atomic E-state index is 5.27. The summed E-state index contributed by atoms with van der Waals surface area (Å²) in [5, 5.41) is 7.79. The fraction of sp³-hybridized carbons (Fsp3) is 0.455. The molecule has 0 N–H and O–H groups in total. The van der Waals surface area contributed by atoms with Gasteiger partial charge in [-0.25, -0.2) is 0 Å². The van der Waals surface area contributed by atoms with Gasteiger partial charge in [0.25, 0.3) is 0 Å². The van der Waals surface area contributed by atoms with E-state index in [0.717, 1.165) is 6.54 Å². The molecule has 0 aliphatic carbocycles. The van der Waals surface area contributed by atoms with Gasteiger partial charge in [0.1, 0.15) is 18.9 Å². The summed E-state index contributed by atoms with van der Waals surface area (Å²) >= 11 is 0. The summed E-state index contributed by atoms with van der Waals surface area (Å²) in [5.74, 6) is 4.71. The lowest BCUT2D eigenvalue weighted by molar-refractivity contribution is -0.130. The Kier molecular flexibility index (Phi) is 5.07. The molecule has 0 saturated heterocycles. The van der Waals surface area contributed by atoms with Gasteiger partial charge in [0.05, 0.1) is 6.20 Å². The van der Waals surface area contributed by atoms with E-state index >= 15 is 0 Å². The highest BCUT2D eigenvalue weighted by Crippen LogP contribution is 2.15. The highest BCUT2D eigenvalue weighted by Gasteiger charge is 2.15. The van der Waals surface area contributed by atoms with Crippen LogP contribution < -0.4 is 0 Å². The molecule has 0 saturated carbocycles. The molecule has 5 nitrogen and oxygen atoms in total. The van der Waals surface area contributed by atoms with Crippen molar-refractivity contribution in [1.82, 2.24) is 15.0 Å². The normalized spacial score (nSPS) is 10.0. The van der Waals surface area contributed by atoms with Crippen LogP contribution in [-0.2, 0) is 16.0 Å². The summed E-state index contributed by atoms with van der Waals surface area (Å²) in [6, 6.07) is 0. The molecule has 0 radical (unpaired) electrons. The third-order valence-electron chi connectivity index (χ3n) is 1.76. The van der Waals surface area contributed by atoms with Crippen molar-refractivity contribution in [3.05, 3.63) is 11.9 Å². The van der Waals surface area contributed by atoms with Crippen LogP contribution in [0.25, 0.3) is 0 Å². The van der Waals surface area contributed by atoms with E-state index in [1.165, 1.54) is 0 Å². The molecule has 0 spiro atoms. The Bertz CT molecular complexity index is 382. The third-order valence-corrected chi connectivity index (χ3v) is 1.76. The molecule has 16 heavy (non-hydrogen) atoms. The van der Waals surface area contributed by atoms with Crippen molar-refractivity contribution >= 4 is 0 Å². The summed E-state index contributed by atoms with van der Waals surface area (Å²) in [5.41, 5.74) is 0.562. The van der Waals surface area contributed by atoms with Crippen LogP contribution >= 0.6 is 0 Å². The van der Waals surface area contributed by atoms with Gasteiger partial charge in [-0.3, -0.25) is 4.68 Å². The van der Waals surface area contributed by atoms with Gasteiger partial charge in [0.15, 0.2) is 0 Å². The van der Waals surface area contributed by atoms with Gasteiger partial charge < -0.3 is 9.47 Å². The second kappa shape index (κ2) is 6.62. The second-order valence-electron chi connectivity index (χ2n) is 2.86. The van der Waals surface area contributed by atoms with Crippen molar-refractivity contribution in [2.75, 3.05) is 13.2 Å². The largest absolute Gasteiger partial charge is 0.334 e. The topological polar surface area (TPSA) is 49.2 Å². The van der Waals surface area contributed by atoms with Gasteiger partial charge in [-0.1, -0.05) is 17.1 Å². The van der Waals surface area contributed by atoms with E-state index in [-0.39, 0.29) is 13.2 Å². The van der Waals surface area contributed by atoms with Crippen LogP contribution in [0.4, 0.5) is 0 Å². The monoisotopic (exact) mass is 219 g/mol. The van der Waals surface area contributed by atoms with Gasteiger partial charge >= 0.3 is 0 Å². The van der Waals surface area contributed by atoms with Gasteiger partial charge in [-0.2, -0.15) is 0 Å². The summed E-state index contributed by atoms with van der Waals surface area (Å²) in [6.07, 6.45) is 11.3. The fourth-order valence-electron chi connectivity index (χ4n) is 1.04. The Labute approximate surface area is 94.7 Å². The number of aromatic nitrogens is 3. The van der Waals surface area contributed by atoms with Gasteiger partial charge in [0, 0.05) is 6.54 Å². The highest BCUT2D eigenvalue weighted by atomic mass is 16.7. The van der Waals surface area contributed by atoms with Gasteiger partial charge in [0.2, 0.25) is 6.29 Å². The smallest absolute Gasteiger partial charge is 0.206 e. The Balaban J connectivity index is 2.67. The molecule has 1 aromatic rings. The first-order valence-electron chi connectivity index (χ1n) is 4.82. The quantitative estimate of drug-likeness (QED) is 0.519. The Hall–Kier alpha value is -1.82. The Morgan fingerprint density at radius 2 is 2.00 bits per heavy atom. The van der Waals surface area contributed by atoms with Crippen LogP contribution in [0.3, 0.4) is 0 Å². The standard InChI is InChI=1S/C11H13N3O2/c1-4-7-15-11(16-8-5-2)10-9-14(6-3)13-12-10/h1-2,9,11H,6-8H2,3H3. The lowest BCUT2D eigenvalue weighted by Crippen LogP contribution is -2.10. The summed E-state index contributed by atoms with van der Waals surface area (Å²) in [7, 11) is 0. The van der Waals surface area contributed by atoms with Gasteiger partial charge in [-0.15, -0.1) is 17.9 Å². The van der Waals surface area contributed by atoms with Crippen LogP contribution in [0.1, 0.15) is 18.9 Å². The predicted molar refractivity (Wildman–Crippen MR) is 58.0 cm³/mol. The number of nitrogens with zero attached hydrogens (tertiary/aromatic N) is 3. The van der Waals surface area contributed by atoms with Gasteiger partial charge in [-0.05, 0) is 6.92 Å². The minimum atomic E-state index is -0.660. The number of ether oxygens (including phenoxy) is 2. The molecule has 0 aliphatic heterocycles. The van der Waals surface area contributed by atoms with Crippen molar-refractivity contribution < 1.29 is 9.47 Å². The van der Waals surface area contributed by atoms with Crippen molar-refractivity contribution in [3.63, 3.8) is 0 Å². The van der Waals surface area contributed by atoms with Crippen molar-refractivity contribution in [3.8, 4) is 24.7 Å². The maximum atomic E-state index is 5.27. The van der Waals surface area contributed by atoms with Crippen molar-refractivity contribution in [2.24, 2.45) is 0 Å². The summed E-state index contributed by atoms with van der Waals surface area (Å²) in [4.78, 5) is 0. The van der Waals surface area contributed by atoms with E-state index in [4.69, 9.17) is 22.3 Å². The van der Waals surface area contributed by atoms with E-state index in [1.807, 2.05) is 6.92 Å². The average molecular weight is 219 g/mol. The molecule has 0 amide bonds. The zero-order valence-electron chi connectivity index (χ0n) is 9.09. The predicted octanol–water partition coefficient (Wildman–Crippen LogP) is 0.596. The number of aryl methyl sites for hydroxylation is 1. The number of rotatable bonds is 6. The zero-order valence-corrected chi connectivity index (χ0v) is 9.09. The van der Waals surface area contributed by atoms with E-state index in [9.17, 15) is 0 Å². The Morgan fingerprint density at radius 1 is 1.38 bits per heavy atom. The molecule has 0 fully saturated rings. The number of hydrogen-bond donors (Lipinski definition) is 0. The van der Waals surface area contributed by atoms with E-state index < -0.39 is 6.29 Å². The van der Waals surface area contributed by atoms with E-state index in [1.54, 1.807) is 10.9 Å². The first-order valence-corrected chi connectivity index (χ1v) is 4.82. The molecule has 0 unspecified atom stereocenters. The fourth-order valence-corrected chi connectivity index (χ4v) is 1.04. The van der Waals surface area contributed by atoms with Crippen LogP contribution in [0, 0.1) is 24.7 Å². The molecular weight excluding hydrogens is 206 g/mol. The average Bonchev–Trinajstić information content (AvgIpc) is 2.78. The minimum absolute atomic E-state index is 0.133. The second-order valence-corrected chi connectivity index (χ2v) is 2.86. The summed E-state index contributed by atoms with van der Waals surface area (Å²) < 4.78 is 12.2. The SMILES string of the molecule is C#CCOC(OCC#C)c1cn(CC)nn1. The van der Waals surface area contributed by atoms with Crippen LogP contribution in [0.5, 0.6) is 0 Å². The number of terminal acetylenes is 2. The first-order chi connectivity index (χ1) is 7.81. The Morgan fingerprint density at radius 3 is 2.44 bits per heavy atom. The minimum Gasteiger partial charge on any atom is -0.334 e. The lowest BCUT2D eigenvalue weighted by Gasteiger charge is -2.12. The molecule has 0 bridgehead atoms. The highest BCUT2D eigenvalue weighted by molar-refractivity contribution is 4.96. The van der Waals surface area contributed by atoms with Crippen molar-refractivity contribution in [1.29, 1.82) is 0 Å². The molecule has 84 valence electrons. The maximum Gasteiger partial charge on any atom is 0.206 e. The molecule has 0 aromatic carbocycles. The molecule has 0 atom stereocenters. The molecule has 1 rings (SSSR count). The van der Waals surface area contributed by atoms with Crippen LogP contribution in [0.2, 0.25) is 0 Å². The summed E-state index contributed by atoms with van der Waals surface area (Å²) in [6.45, 7) is 2.95. The molecule has 1 aromatic heterocycles. The molecule has 0 aliphatic rings. The molecule has 5 heteroatoms.